The molecule has 0 aromatic heterocycles. The van der Waals surface area contributed by atoms with Gasteiger partial charge >= 0.3 is 0 Å². The summed E-state index contributed by atoms with van der Waals surface area (Å²) < 4.78 is 5.71. The molecule has 0 heterocycles. The summed E-state index contributed by atoms with van der Waals surface area (Å²) in [7, 11) is 1.57. The zero-order valence-electron chi connectivity index (χ0n) is 6.79. The molecular weight excluding hydrogens is 257 g/mol. The molecule has 1 N–H and O–H groups in total. The van der Waals surface area contributed by atoms with Crippen molar-refractivity contribution in [2.24, 2.45) is 5.16 Å². The molecule has 1 rings (SSSR count). The number of halogens is 2. The average Bonchev–Trinajstić information content (AvgIpc) is 2.16. The van der Waals surface area contributed by atoms with E-state index in [2.05, 4.69) is 21.1 Å². The van der Waals surface area contributed by atoms with Crippen LogP contribution in [-0.2, 0) is 0 Å². The molecule has 0 fully saturated rings. The lowest BCUT2D eigenvalue weighted by atomic mass is 10.2. The minimum absolute atomic E-state index is 0.0366. The highest BCUT2D eigenvalue weighted by Gasteiger charge is 2.06. The van der Waals surface area contributed by atoms with Crippen LogP contribution < -0.4 is 4.74 Å². The van der Waals surface area contributed by atoms with Crippen molar-refractivity contribution in [2.45, 2.75) is 0 Å². The molecule has 0 unspecified atom stereocenters. The Morgan fingerprint density at radius 3 is 2.77 bits per heavy atom. The van der Waals surface area contributed by atoms with Crippen LogP contribution in [0.2, 0.25) is 0 Å². The highest BCUT2D eigenvalue weighted by Crippen LogP contribution is 2.24. The van der Waals surface area contributed by atoms with E-state index in [0.29, 0.717) is 11.3 Å². The molecule has 0 spiro atoms. The zero-order chi connectivity index (χ0) is 9.84. The van der Waals surface area contributed by atoms with Gasteiger partial charge in [0.15, 0.2) is 5.17 Å². The van der Waals surface area contributed by atoms with Crippen LogP contribution in [0.25, 0.3) is 0 Å². The van der Waals surface area contributed by atoms with Gasteiger partial charge in [0.1, 0.15) is 5.75 Å². The van der Waals surface area contributed by atoms with Crippen LogP contribution >= 0.6 is 27.5 Å². The molecule has 0 aliphatic heterocycles. The maximum atomic E-state index is 8.44. The van der Waals surface area contributed by atoms with Crippen LogP contribution in [0.3, 0.4) is 0 Å². The number of hydrogen-bond donors (Lipinski definition) is 1. The van der Waals surface area contributed by atoms with Gasteiger partial charge in [0.25, 0.3) is 0 Å². The summed E-state index contributed by atoms with van der Waals surface area (Å²) in [5.74, 6) is 0.707. The molecule has 0 bridgehead atoms. The molecule has 13 heavy (non-hydrogen) atoms. The monoisotopic (exact) mass is 263 g/mol. The standard InChI is InChI=1S/C8H7BrClNO2/c1-13-5-2-3-6(7(9)4-5)8(10)11-12/h2-4,12H,1H3. The summed E-state index contributed by atoms with van der Waals surface area (Å²) in [5, 5.41) is 11.4. The summed E-state index contributed by atoms with van der Waals surface area (Å²) in [6.07, 6.45) is 0. The van der Waals surface area contributed by atoms with Gasteiger partial charge in [-0.05, 0) is 34.1 Å². The molecular formula is C8H7BrClNO2. The molecule has 3 nitrogen and oxygen atoms in total. The largest absolute Gasteiger partial charge is 0.497 e. The van der Waals surface area contributed by atoms with E-state index in [1.54, 1.807) is 25.3 Å². The SMILES string of the molecule is COc1ccc(C(Cl)=NO)c(Br)c1. The molecule has 0 saturated carbocycles. The third-order valence-corrected chi connectivity index (χ3v) is 2.42. The van der Waals surface area contributed by atoms with Gasteiger partial charge < -0.3 is 9.94 Å². The fourth-order valence-corrected chi connectivity index (χ4v) is 1.67. The Morgan fingerprint density at radius 2 is 2.31 bits per heavy atom. The van der Waals surface area contributed by atoms with E-state index >= 15 is 0 Å². The quantitative estimate of drug-likeness (QED) is 0.507. The number of nitrogens with zero attached hydrogens (tertiary/aromatic N) is 1. The number of benzene rings is 1. The van der Waals surface area contributed by atoms with Gasteiger partial charge in [-0.15, -0.1) is 0 Å². The van der Waals surface area contributed by atoms with Crippen LogP contribution in [0, 0.1) is 0 Å². The number of rotatable bonds is 2. The molecule has 0 aliphatic carbocycles. The molecule has 5 heteroatoms. The predicted octanol–water partition coefficient (Wildman–Crippen LogP) is 2.83. The highest BCUT2D eigenvalue weighted by molar-refractivity contribution is 9.10. The van der Waals surface area contributed by atoms with Gasteiger partial charge in [0.05, 0.1) is 7.11 Å². The van der Waals surface area contributed by atoms with Gasteiger partial charge in [0, 0.05) is 10.0 Å². The Labute approximate surface area is 89.1 Å². The first-order valence-electron chi connectivity index (χ1n) is 3.40. The Morgan fingerprint density at radius 1 is 1.62 bits per heavy atom. The lowest BCUT2D eigenvalue weighted by Crippen LogP contribution is -1.93. The Bertz CT molecular complexity index is 341. The maximum Gasteiger partial charge on any atom is 0.176 e. The van der Waals surface area contributed by atoms with Crippen LogP contribution in [-0.4, -0.2) is 17.5 Å². The minimum Gasteiger partial charge on any atom is -0.497 e. The Balaban J connectivity index is 3.12. The first-order chi connectivity index (χ1) is 6.19. The first kappa shape index (κ1) is 10.3. The number of ether oxygens (including phenoxy) is 1. The highest BCUT2D eigenvalue weighted by atomic mass is 79.9. The van der Waals surface area contributed by atoms with Gasteiger partial charge in [-0.2, -0.15) is 0 Å². The third kappa shape index (κ3) is 2.35. The van der Waals surface area contributed by atoms with Crippen molar-refractivity contribution >= 4 is 32.7 Å². The second-order valence-corrected chi connectivity index (χ2v) is 3.45. The van der Waals surface area contributed by atoms with Gasteiger partial charge in [-0.25, -0.2) is 0 Å². The zero-order valence-corrected chi connectivity index (χ0v) is 9.13. The van der Waals surface area contributed by atoms with Crippen LogP contribution in [0.5, 0.6) is 5.75 Å². The summed E-state index contributed by atoms with van der Waals surface area (Å²) in [6, 6.07) is 5.17. The van der Waals surface area contributed by atoms with Gasteiger partial charge in [0.2, 0.25) is 0 Å². The van der Waals surface area contributed by atoms with E-state index in [9.17, 15) is 0 Å². The van der Waals surface area contributed by atoms with E-state index in [-0.39, 0.29) is 5.17 Å². The van der Waals surface area contributed by atoms with Crippen molar-refractivity contribution in [1.29, 1.82) is 0 Å². The molecule has 0 amide bonds. The van der Waals surface area contributed by atoms with Crippen molar-refractivity contribution in [2.75, 3.05) is 7.11 Å². The average molecular weight is 265 g/mol. The summed E-state index contributed by atoms with van der Waals surface area (Å²) in [4.78, 5) is 0. The summed E-state index contributed by atoms with van der Waals surface area (Å²) in [5.41, 5.74) is 0.616. The lowest BCUT2D eigenvalue weighted by molar-refractivity contribution is 0.321. The van der Waals surface area contributed by atoms with E-state index in [0.717, 1.165) is 4.47 Å². The van der Waals surface area contributed by atoms with E-state index in [4.69, 9.17) is 21.5 Å². The molecule has 0 atom stereocenters. The van der Waals surface area contributed by atoms with Crippen LogP contribution in [0.4, 0.5) is 0 Å². The van der Waals surface area contributed by atoms with Crippen molar-refractivity contribution in [3.8, 4) is 5.75 Å². The van der Waals surface area contributed by atoms with Crippen LogP contribution in [0.15, 0.2) is 27.8 Å². The van der Waals surface area contributed by atoms with E-state index in [1.807, 2.05) is 0 Å². The van der Waals surface area contributed by atoms with E-state index < -0.39 is 0 Å². The van der Waals surface area contributed by atoms with Gasteiger partial charge in [-0.3, -0.25) is 0 Å². The molecule has 1 aromatic carbocycles. The smallest absolute Gasteiger partial charge is 0.176 e. The van der Waals surface area contributed by atoms with Crippen molar-refractivity contribution in [1.82, 2.24) is 0 Å². The fraction of sp³-hybridized carbons (Fsp3) is 0.125. The molecule has 0 aliphatic rings. The van der Waals surface area contributed by atoms with Crippen molar-refractivity contribution in [3.05, 3.63) is 28.2 Å². The van der Waals surface area contributed by atoms with Crippen molar-refractivity contribution < 1.29 is 9.94 Å². The molecule has 0 saturated heterocycles. The topological polar surface area (TPSA) is 41.8 Å². The number of oxime groups is 1. The normalized spacial score (nSPS) is 11.5. The third-order valence-electron chi connectivity index (χ3n) is 1.49. The number of methoxy groups -OCH3 is 1. The Hall–Kier alpha value is -0.740. The second-order valence-electron chi connectivity index (χ2n) is 2.24. The first-order valence-corrected chi connectivity index (χ1v) is 4.57. The maximum absolute atomic E-state index is 8.44. The fourth-order valence-electron chi connectivity index (χ4n) is 0.844. The molecule has 1 aromatic rings. The minimum atomic E-state index is 0.0366. The van der Waals surface area contributed by atoms with Gasteiger partial charge in [-0.1, -0.05) is 16.8 Å². The summed E-state index contributed by atoms with van der Waals surface area (Å²) >= 11 is 8.89. The van der Waals surface area contributed by atoms with Crippen LogP contribution in [0.1, 0.15) is 5.56 Å². The predicted molar refractivity (Wildman–Crippen MR) is 54.9 cm³/mol. The Kier molecular flexibility index (Phi) is 3.57. The lowest BCUT2D eigenvalue weighted by Gasteiger charge is -2.03. The summed E-state index contributed by atoms with van der Waals surface area (Å²) in [6.45, 7) is 0. The molecule has 0 radical (unpaired) electrons. The van der Waals surface area contributed by atoms with E-state index in [1.165, 1.54) is 0 Å². The second kappa shape index (κ2) is 4.48. The number of hydrogen-bond acceptors (Lipinski definition) is 3. The van der Waals surface area contributed by atoms with Crippen molar-refractivity contribution in [3.63, 3.8) is 0 Å². The molecule has 70 valence electrons.